The highest BCUT2D eigenvalue weighted by molar-refractivity contribution is 7.98. The van der Waals surface area contributed by atoms with Crippen molar-refractivity contribution in [2.24, 2.45) is 0 Å². The van der Waals surface area contributed by atoms with E-state index >= 15 is 0 Å². The number of hydrogen-bond donors (Lipinski definition) is 1. The minimum atomic E-state index is -0.115. The molecule has 0 saturated heterocycles. The molecule has 2 aromatic rings. The van der Waals surface area contributed by atoms with Crippen LogP contribution in [0.4, 0.5) is 4.39 Å². The van der Waals surface area contributed by atoms with Crippen LogP contribution in [0.25, 0.3) is 10.1 Å². The maximum Gasteiger partial charge on any atom is 0.154 e. The van der Waals surface area contributed by atoms with Gasteiger partial charge in [-0.1, -0.05) is 6.07 Å². The van der Waals surface area contributed by atoms with Crippen molar-refractivity contribution in [2.45, 2.75) is 9.79 Å². The van der Waals surface area contributed by atoms with Gasteiger partial charge in [0.1, 0.15) is 0 Å². The van der Waals surface area contributed by atoms with Gasteiger partial charge in [0.25, 0.3) is 0 Å². The number of halogens is 1. The van der Waals surface area contributed by atoms with E-state index in [0.717, 1.165) is 10.3 Å². The number of thiophene rings is 1. The zero-order chi connectivity index (χ0) is 9.42. The second-order valence-corrected chi connectivity index (χ2v) is 4.79. The van der Waals surface area contributed by atoms with Crippen molar-refractivity contribution in [1.82, 2.24) is 0 Å². The van der Waals surface area contributed by atoms with Gasteiger partial charge >= 0.3 is 0 Å². The average Bonchev–Trinajstić information content (AvgIpc) is 2.50. The molecule has 0 amide bonds. The Balaban J connectivity index is 2.80. The summed E-state index contributed by atoms with van der Waals surface area (Å²) in [5, 5.41) is 2.77. The summed E-state index contributed by atoms with van der Waals surface area (Å²) < 4.78 is 14.3. The van der Waals surface area contributed by atoms with E-state index in [0.29, 0.717) is 9.60 Å². The molecule has 2 rings (SSSR count). The Labute approximate surface area is 89.6 Å². The smallest absolute Gasteiger partial charge is 0.154 e. The molecule has 4 heteroatoms. The van der Waals surface area contributed by atoms with E-state index in [-0.39, 0.29) is 5.82 Å². The van der Waals surface area contributed by atoms with E-state index in [1.54, 1.807) is 6.07 Å². The van der Waals surface area contributed by atoms with Gasteiger partial charge in [0.2, 0.25) is 0 Å². The van der Waals surface area contributed by atoms with Crippen LogP contribution in [0, 0.1) is 5.82 Å². The molecule has 0 radical (unpaired) electrons. The van der Waals surface area contributed by atoms with Gasteiger partial charge in [-0.2, -0.15) is 0 Å². The second-order valence-electron chi connectivity index (χ2n) is 2.58. The zero-order valence-corrected chi connectivity index (χ0v) is 9.40. The Hall–Kier alpha value is -0.190. The molecule has 0 atom stereocenters. The van der Waals surface area contributed by atoms with Crippen LogP contribution in [0.5, 0.6) is 0 Å². The molecule has 13 heavy (non-hydrogen) atoms. The highest BCUT2D eigenvalue weighted by Crippen LogP contribution is 2.34. The molecule has 0 aliphatic rings. The molecular formula is C9H7FS3. The summed E-state index contributed by atoms with van der Waals surface area (Å²) in [5.74, 6) is -0.115. The highest BCUT2D eigenvalue weighted by atomic mass is 32.2. The normalized spacial score (nSPS) is 11.0. The number of fused-ring (bicyclic) bond motifs is 1. The minimum absolute atomic E-state index is 0.115. The fraction of sp³-hybridized carbons (Fsp3) is 0.111. The molecule has 0 fully saturated rings. The van der Waals surface area contributed by atoms with E-state index in [4.69, 9.17) is 0 Å². The Kier molecular flexibility index (Phi) is 2.53. The quantitative estimate of drug-likeness (QED) is 0.569. The number of hydrogen-bond acceptors (Lipinski definition) is 3. The first kappa shape index (κ1) is 9.37. The number of rotatable bonds is 1. The Morgan fingerprint density at radius 1 is 1.46 bits per heavy atom. The van der Waals surface area contributed by atoms with E-state index in [1.807, 2.05) is 17.7 Å². The van der Waals surface area contributed by atoms with Gasteiger partial charge in [-0.3, -0.25) is 0 Å². The molecule has 1 heterocycles. The monoisotopic (exact) mass is 230 g/mol. The summed E-state index contributed by atoms with van der Waals surface area (Å²) in [6.45, 7) is 0. The van der Waals surface area contributed by atoms with Crippen LogP contribution in [0.15, 0.2) is 27.3 Å². The number of thiol groups is 1. The van der Waals surface area contributed by atoms with E-state index in [1.165, 1.54) is 23.1 Å². The Morgan fingerprint density at radius 3 is 2.92 bits per heavy atom. The second kappa shape index (κ2) is 3.52. The standard InChI is InChI=1S/C9H7FS3/c1-12-7-3-2-5-6(11)4-13-9(5)8(7)10/h2-4,11H,1H3. The maximum absolute atomic E-state index is 13.6. The third kappa shape index (κ3) is 1.47. The number of thioether (sulfide) groups is 1. The van der Waals surface area contributed by atoms with E-state index in [2.05, 4.69) is 12.6 Å². The van der Waals surface area contributed by atoms with Crippen molar-refractivity contribution in [2.75, 3.05) is 6.26 Å². The first-order valence-electron chi connectivity index (χ1n) is 3.66. The molecule has 0 saturated carbocycles. The molecule has 1 aromatic heterocycles. The molecule has 1 aromatic carbocycles. The highest BCUT2D eigenvalue weighted by Gasteiger charge is 2.09. The fourth-order valence-corrected chi connectivity index (χ4v) is 3.04. The lowest BCUT2D eigenvalue weighted by atomic mass is 10.2. The van der Waals surface area contributed by atoms with Crippen LogP contribution in [0.3, 0.4) is 0 Å². The van der Waals surface area contributed by atoms with Crippen LogP contribution in [0.2, 0.25) is 0 Å². The van der Waals surface area contributed by atoms with Gasteiger partial charge in [-0.05, 0) is 12.3 Å². The lowest BCUT2D eigenvalue weighted by Gasteiger charge is -1.99. The van der Waals surface area contributed by atoms with Crippen molar-refractivity contribution in [3.63, 3.8) is 0 Å². The van der Waals surface area contributed by atoms with Crippen LogP contribution >= 0.6 is 35.7 Å². The molecular weight excluding hydrogens is 223 g/mol. The summed E-state index contributed by atoms with van der Waals surface area (Å²) in [6.07, 6.45) is 1.87. The Morgan fingerprint density at radius 2 is 2.23 bits per heavy atom. The predicted molar refractivity (Wildman–Crippen MR) is 60.8 cm³/mol. The number of benzene rings is 1. The van der Waals surface area contributed by atoms with Crippen molar-refractivity contribution in [1.29, 1.82) is 0 Å². The molecule has 0 unspecified atom stereocenters. The third-order valence-electron chi connectivity index (χ3n) is 1.85. The summed E-state index contributed by atoms with van der Waals surface area (Å²) in [5.41, 5.74) is 0. The largest absolute Gasteiger partial charge is 0.204 e. The van der Waals surface area contributed by atoms with Crippen LogP contribution in [-0.2, 0) is 0 Å². The topological polar surface area (TPSA) is 0 Å². The third-order valence-corrected chi connectivity index (χ3v) is 4.13. The van der Waals surface area contributed by atoms with Gasteiger partial charge in [0, 0.05) is 20.6 Å². The van der Waals surface area contributed by atoms with Gasteiger partial charge in [-0.25, -0.2) is 4.39 Å². The summed E-state index contributed by atoms with van der Waals surface area (Å²) in [6, 6.07) is 3.72. The average molecular weight is 230 g/mol. The van der Waals surface area contributed by atoms with Crippen molar-refractivity contribution >= 4 is 45.8 Å². The summed E-state index contributed by atoms with van der Waals surface area (Å²) in [4.78, 5) is 1.55. The lowest BCUT2D eigenvalue weighted by Crippen LogP contribution is -1.79. The summed E-state index contributed by atoms with van der Waals surface area (Å²) in [7, 11) is 0. The molecule has 0 aliphatic carbocycles. The lowest BCUT2D eigenvalue weighted by molar-refractivity contribution is 0.616. The van der Waals surface area contributed by atoms with E-state index < -0.39 is 0 Å². The molecule has 68 valence electrons. The van der Waals surface area contributed by atoms with Gasteiger partial charge in [0.15, 0.2) is 5.82 Å². The first-order valence-corrected chi connectivity index (χ1v) is 6.22. The Bertz CT molecular complexity index is 447. The van der Waals surface area contributed by atoms with Crippen LogP contribution in [-0.4, -0.2) is 6.26 Å². The van der Waals surface area contributed by atoms with Crippen molar-refractivity contribution < 1.29 is 4.39 Å². The molecule has 0 N–H and O–H groups in total. The van der Waals surface area contributed by atoms with Gasteiger partial charge < -0.3 is 0 Å². The molecule has 0 bridgehead atoms. The summed E-state index contributed by atoms with van der Waals surface area (Å²) >= 11 is 7.08. The molecule has 0 aliphatic heterocycles. The molecule has 0 spiro atoms. The van der Waals surface area contributed by atoms with Crippen molar-refractivity contribution in [3.8, 4) is 0 Å². The first-order chi connectivity index (χ1) is 6.24. The predicted octanol–water partition coefficient (Wildman–Crippen LogP) is 4.05. The maximum atomic E-state index is 13.6. The van der Waals surface area contributed by atoms with Crippen molar-refractivity contribution in [3.05, 3.63) is 23.3 Å². The fourth-order valence-electron chi connectivity index (χ4n) is 1.19. The molecule has 0 nitrogen and oxygen atoms in total. The van der Waals surface area contributed by atoms with E-state index in [9.17, 15) is 4.39 Å². The minimum Gasteiger partial charge on any atom is -0.204 e. The SMILES string of the molecule is CSc1ccc2c(S)csc2c1F. The van der Waals surface area contributed by atoms with Gasteiger partial charge in [0.05, 0.1) is 4.70 Å². The van der Waals surface area contributed by atoms with Gasteiger partial charge in [-0.15, -0.1) is 35.7 Å². The van der Waals surface area contributed by atoms with Crippen LogP contribution in [0.1, 0.15) is 0 Å². The zero-order valence-electron chi connectivity index (χ0n) is 6.87. The van der Waals surface area contributed by atoms with Crippen LogP contribution < -0.4 is 0 Å².